The fraction of sp³-hybridized carbons (Fsp3) is 0.238. The van der Waals surface area contributed by atoms with Gasteiger partial charge in [0.1, 0.15) is 11.9 Å². The number of piperidine rings is 1. The predicted molar refractivity (Wildman–Crippen MR) is 105 cm³/mol. The fourth-order valence-electron chi connectivity index (χ4n) is 3.66. The zero-order valence-corrected chi connectivity index (χ0v) is 15.6. The normalized spacial score (nSPS) is 20.2. The van der Waals surface area contributed by atoms with Gasteiger partial charge in [-0.2, -0.15) is 0 Å². The molecule has 1 N–H and O–H groups in total. The zero-order chi connectivity index (χ0) is 18.1. The summed E-state index contributed by atoms with van der Waals surface area (Å²) in [6, 6.07) is 16.7. The topological polar surface area (TPSA) is 41.2 Å². The Morgan fingerprint density at radius 1 is 1.04 bits per heavy atom. The number of fused-ring (bicyclic) bond motifs is 1. The molecule has 0 bridgehead atoms. The maximum atomic E-state index is 12.2. The molecule has 0 amide bonds. The fourth-order valence-corrected chi connectivity index (χ4v) is 4.11. The molecule has 3 nitrogen and oxygen atoms in total. The summed E-state index contributed by atoms with van der Waals surface area (Å²) in [5.41, 5.74) is 1.05. The van der Waals surface area contributed by atoms with E-state index in [1.165, 1.54) is 0 Å². The van der Waals surface area contributed by atoms with Crippen LogP contribution < -0.4 is 10.1 Å². The summed E-state index contributed by atoms with van der Waals surface area (Å²) in [7, 11) is 0. The van der Waals surface area contributed by atoms with E-state index in [2.05, 4.69) is 11.4 Å². The minimum absolute atomic E-state index is 0.0282. The first-order valence-electron chi connectivity index (χ1n) is 8.64. The van der Waals surface area contributed by atoms with Crippen LogP contribution in [0.4, 0.5) is 0 Å². The number of ether oxygens (including phenoxy) is 1. The summed E-state index contributed by atoms with van der Waals surface area (Å²) in [5, 5.41) is 18.7. The molecule has 1 heterocycles. The lowest BCUT2D eigenvalue weighted by molar-refractivity contribution is 0.143. The van der Waals surface area contributed by atoms with E-state index in [0.717, 1.165) is 29.3 Å². The lowest BCUT2D eigenvalue weighted by Crippen LogP contribution is -2.42. The highest BCUT2D eigenvalue weighted by Gasteiger charge is 2.30. The Balaban J connectivity index is 1.72. The third kappa shape index (κ3) is 3.48. The average molecular weight is 387 g/mol. The molecule has 3 aromatic carbocycles. The lowest BCUT2D eigenvalue weighted by Gasteiger charge is -2.33. The van der Waals surface area contributed by atoms with Gasteiger partial charge in [-0.1, -0.05) is 47.5 Å². The van der Waals surface area contributed by atoms with E-state index in [-0.39, 0.29) is 17.8 Å². The summed E-state index contributed by atoms with van der Waals surface area (Å²) in [6.07, 6.45) is 0.774. The van der Waals surface area contributed by atoms with E-state index >= 15 is 0 Å². The third-order valence-electron chi connectivity index (χ3n) is 4.87. The molecular weight excluding hydrogens is 369 g/mol. The number of hydrogen-bond acceptors (Lipinski definition) is 2. The minimum atomic E-state index is -0.118. The molecule has 3 aromatic rings. The highest BCUT2D eigenvalue weighted by Crippen LogP contribution is 2.37. The Hall–Kier alpha value is -1.94. The van der Waals surface area contributed by atoms with E-state index in [4.69, 9.17) is 27.9 Å². The molecule has 2 atom stereocenters. The Morgan fingerprint density at radius 3 is 2.73 bits per heavy atom. The van der Waals surface area contributed by atoms with E-state index in [1.807, 2.05) is 18.2 Å². The molecule has 0 saturated carbocycles. The second-order valence-corrected chi connectivity index (χ2v) is 7.41. The van der Waals surface area contributed by atoms with Crippen LogP contribution in [0.15, 0.2) is 54.6 Å². The molecule has 0 aromatic heterocycles. The number of benzene rings is 3. The Morgan fingerprint density at radius 2 is 1.88 bits per heavy atom. The van der Waals surface area contributed by atoms with Crippen molar-refractivity contribution in [3.8, 4) is 11.5 Å². The monoisotopic (exact) mass is 386 g/mol. The molecular formula is C21H18Cl2NO2. The first kappa shape index (κ1) is 17.5. The van der Waals surface area contributed by atoms with Gasteiger partial charge in [0.05, 0.1) is 5.02 Å². The van der Waals surface area contributed by atoms with Gasteiger partial charge in [-0.05, 0) is 59.6 Å². The molecule has 0 spiro atoms. The third-order valence-corrected chi connectivity index (χ3v) is 5.40. The summed E-state index contributed by atoms with van der Waals surface area (Å²) in [4.78, 5) is 0. The van der Waals surface area contributed by atoms with Gasteiger partial charge >= 0.3 is 0 Å². The number of halogens is 2. The molecule has 5 heteroatoms. The van der Waals surface area contributed by atoms with Crippen molar-refractivity contribution in [3.63, 3.8) is 0 Å². The molecule has 133 valence electrons. The first-order valence-corrected chi connectivity index (χ1v) is 9.39. The van der Waals surface area contributed by atoms with E-state index < -0.39 is 0 Å². The molecule has 1 fully saturated rings. The Kier molecular flexibility index (Phi) is 4.94. The summed E-state index contributed by atoms with van der Waals surface area (Å²) >= 11 is 12.3. The molecule has 4 rings (SSSR count). The van der Waals surface area contributed by atoms with Crippen molar-refractivity contribution in [2.45, 2.75) is 18.4 Å². The average Bonchev–Trinajstić information content (AvgIpc) is 2.64. The lowest BCUT2D eigenvalue weighted by atomic mass is 9.84. The van der Waals surface area contributed by atoms with Crippen LogP contribution in [0.25, 0.3) is 10.8 Å². The van der Waals surface area contributed by atoms with Crippen molar-refractivity contribution < 1.29 is 9.84 Å². The van der Waals surface area contributed by atoms with Gasteiger partial charge in [0.15, 0.2) is 5.75 Å². The van der Waals surface area contributed by atoms with Gasteiger partial charge in [0.2, 0.25) is 0 Å². The van der Waals surface area contributed by atoms with Crippen molar-refractivity contribution in [2.75, 3.05) is 13.1 Å². The number of nitrogens with one attached hydrogen (secondary N) is 1. The van der Waals surface area contributed by atoms with Gasteiger partial charge in [-0.3, -0.25) is 5.11 Å². The van der Waals surface area contributed by atoms with Crippen LogP contribution in [0.3, 0.4) is 0 Å². The predicted octanol–water partition coefficient (Wildman–Crippen LogP) is 5.81. The van der Waals surface area contributed by atoms with Crippen LogP contribution in [0.2, 0.25) is 10.0 Å². The largest absolute Gasteiger partial charge is 0.487 e. The van der Waals surface area contributed by atoms with Gasteiger partial charge < -0.3 is 10.1 Å². The summed E-state index contributed by atoms with van der Waals surface area (Å²) in [6.45, 7) is 1.58. The number of hydrogen-bond donors (Lipinski definition) is 1. The highest BCUT2D eigenvalue weighted by molar-refractivity contribution is 6.35. The molecule has 1 saturated heterocycles. The van der Waals surface area contributed by atoms with E-state index in [1.54, 1.807) is 30.3 Å². The molecule has 1 aliphatic heterocycles. The number of rotatable bonds is 3. The van der Waals surface area contributed by atoms with Crippen molar-refractivity contribution in [1.29, 1.82) is 0 Å². The maximum absolute atomic E-state index is 12.2. The van der Waals surface area contributed by atoms with Crippen LogP contribution in [-0.2, 0) is 5.11 Å². The van der Waals surface area contributed by atoms with Crippen LogP contribution in [-0.4, -0.2) is 19.2 Å². The second kappa shape index (κ2) is 7.36. The smallest absolute Gasteiger partial charge is 0.179 e. The van der Waals surface area contributed by atoms with Crippen molar-refractivity contribution in [3.05, 3.63) is 70.2 Å². The standard InChI is InChI=1S/C21H18Cl2NO2/c22-14-5-6-20(19(23)10-14)26-21-12-24-8-7-17(21)18-11-15(25)9-13-3-1-2-4-16(13)18/h1-6,9-11,17,21,24H,7-8,12H2. The molecule has 26 heavy (non-hydrogen) atoms. The van der Waals surface area contributed by atoms with Crippen molar-refractivity contribution >= 4 is 34.0 Å². The van der Waals surface area contributed by atoms with E-state index in [0.29, 0.717) is 22.3 Å². The van der Waals surface area contributed by atoms with Crippen molar-refractivity contribution in [1.82, 2.24) is 5.32 Å². The zero-order valence-electron chi connectivity index (χ0n) is 14.0. The van der Waals surface area contributed by atoms with Gasteiger partial charge in [0, 0.05) is 17.5 Å². The second-order valence-electron chi connectivity index (χ2n) is 6.56. The SMILES string of the molecule is [O]c1cc(C2CCNCC2Oc2ccc(Cl)cc2Cl)c2ccccc2c1. The van der Waals surface area contributed by atoms with Crippen LogP contribution in [0.1, 0.15) is 17.9 Å². The van der Waals surface area contributed by atoms with E-state index in [9.17, 15) is 5.11 Å². The van der Waals surface area contributed by atoms with Gasteiger partial charge in [-0.25, -0.2) is 0 Å². The molecule has 1 aliphatic rings. The first-order chi connectivity index (χ1) is 12.6. The quantitative estimate of drug-likeness (QED) is 0.616. The Bertz CT molecular complexity index is 944. The maximum Gasteiger partial charge on any atom is 0.179 e. The van der Waals surface area contributed by atoms with Gasteiger partial charge in [-0.15, -0.1) is 0 Å². The Labute approximate surface area is 162 Å². The highest BCUT2D eigenvalue weighted by atomic mass is 35.5. The summed E-state index contributed by atoms with van der Waals surface area (Å²) in [5.74, 6) is 0.750. The molecule has 1 radical (unpaired) electrons. The molecule has 2 unspecified atom stereocenters. The van der Waals surface area contributed by atoms with Crippen LogP contribution in [0.5, 0.6) is 11.5 Å². The van der Waals surface area contributed by atoms with Gasteiger partial charge in [0.25, 0.3) is 0 Å². The van der Waals surface area contributed by atoms with Crippen molar-refractivity contribution in [2.24, 2.45) is 0 Å². The summed E-state index contributed by atoms with van der Waals surface area (Å²) < 4.78 is 6.24. The van der Waals surface area contributed by atoms with Crippen LogP contribution in [0, 0.1) is 0 Å². The minimum Gasteiger partial charge on any atom is -0.487 e. The van der Waals surface area contributed by atoms with Crippen LogP contribution >= 0.6 is 23.2 Å². The molecule has 0 aliphatic carbocycles.